The number of hydrogen-bond donors (Lipinski definition) is 4. The summed E-state index contributed by atoms with van der Waals surface area (Å²) in [4.78, 5) is 3.25. The molecule has 0 aliphatic rings. The van der Waals surface area contributed by atoms with Crippen LogP contribution in [0.3, 0.4) is 0 Å². The van der Waals surface area contributed by atoms with Crippen molar-refractivity contribution in [2.75, 3.05) is 40.4 Å². The standard InChI is InChI=1S/C8H20N2.C2H6.2C2H2.CH4O2.CH4O/c1-3-5-9-7-8-10-6-4-2;3*1-2;1-3-2;1-2/h9-10H,3-8H2,1-2H3;1-2H3;2*1-2H;2H,1H3;2H,1H3. The summed E-state index contributed by atoms with van der Waals surface area (Å²) in [7, 11) is 2.18. The third-order valence-electron chi connectivity index (χ3n) is 1.33. The van der Waals surface area contributed by atoms with E-state index in [1.807, 2.05) is 13.8 Å². The molecule has 0 aromatic carbocycles. The van der Waals surface area contributed by atoms with Gasteiger partial charge in [-0.05, 0) is 25.9 Å². The van der Waals surface area contributed by atoms with Crippen LogP contribution in [0.15, 0.2) is 0 Å². The Hall–Kier alpha value is -1.08. The fraction of sp³-hybridized carbons (Fsp3) is 0.750. The van der Waals surface area contributed by atoms with Crippen molar-refractivity contribution >= 4 is 0 Å². The van der Waals surface area contributed by atoms with Crippen LogP contribution in [0.1, 0.15) is 40.5 Å². The van der Waals surface area contributed by atoms with Crippen LogP contribution in [-0.4, -0.2) is 50.8 Å². The molecule has 0 bridgehead atoms. The largest absolute Gasteiger partial charge is 0.400 e. The Balaban J connectivity index is -0.0000000427. The van der Waals surface area contributed by atoms with Crippen molar-refractivity contribution in [1.29, 1.82) is 0 Å². The topological polar surface area (TPSA) is 73.8 Å². The minimum Gasteiger partial charge on any atom is -0.400 e. The molecule has 0 aromatic heterocycles. The first kappa shape index (κ1) is 36.8. The zero-order valence-electron chi connectivity index (χ0n) is 14.9. The van der Waals surface area contributed by atoms with Crippen LogP contribution in [-0.2, 0) is 4.89 Å². The number of rotatable bonds is 7. The van der Waals surface area contributed by atoms with E-state index in [4.69, 9.17) is 10.4 Å². The van der Waals surface area contributed by atoms with Gasteiger partial charge in [-0.1, -0.05) is 27.7 Å². The van der Waals surface area contributed by atoms with Gasteiger partial charge in [-0.15, -0.1) is 25.7 Å². The Bertz CT molecular complexity index is 115. The third-order valence-corrected chi connectivity index (χ3v) is 1.33. The van der Waals surface area contributed by atoms with E-state index in [2.05, 4.69) is 55.1 Å². The lowest BCUT2D eigenvalue weighted by Gasteiger charge is -2.03. The quantitative estimate of drug-likeness (QED) is 0.251. The summed E-state index contributed by atoms with van der Waals surface area (Å²) < 4.78 is 0. The van der Waals surface area contributed by atoms with Crippen molar-refractivity contribution in [1.82, 2.24) is 10.6 Å². The maximum absolute atomic E-state index is 7.07. The van der Waals surface area contributed by atoms with E-state index < -0.39 is 0 Å². The molecular formula is C16H38N2O3. The average Bonchev–Trinajstić information content (AvgIpc) is 2.59. The molecule has 0 radical (unpaired) electrons. The maximum Gasteiger partial charge on any atom is 0.0710 e. The van der Waals surface area contributed by atoms with Crippen molar-refractivity contribution in [3.05, 3.63) is 0 Å². The van der Waals surface area contributed by atoms with E-state index in [0.29, 0.717) is 0 Å². The van der Waals surface area contributed by atoms with Crippen LogP contribution in [0.2, 0.25) is 0 Å². The van der Waals surface area contributed by atoms with E-state index in [0.717, 1.165) is 33.3 Å². The molecule has 0 saturated heterocycles. The van der Waals surface area contributed by atoms with Crippen molar-refractivity contribution in [3.63, 3.8) is 0 Å². The molecule has 0 rings (SSSR count). The second kappa shape index (κ2) is 96.9. The summed E-state index contributed by atoms with van der Waals surface area (Å²) in [5.74, 6) is 0. The zero-order valence-corrected chi connectivity index (χ0v) is 14.9. The van der Waals surface area contributed by atoms with Crippen LogP contribution < -0.4 is 10.6 Å². The lowest BCUT2D eigenvalue weighted by molar-refractivity contribution is -0.214. The Morgan fingerprint density at radius 3 is 1.10 bits per heavy atom. The molecule has 0 spiro atoms. The van der Waals surface area contributed by atoms with Crippen LogP contribution in [0.25, 0.3) is 0 Å². The van der Waals surface area contributed by atoms with Crippen molar-refractivity contribution in [3.8, 4) is 25.7 Å². The van der Waals surface area contributed by atoms with Gasteiger partial charge in [-0.3, -0.25) is 5.26 Å². The molecule has 0 aliphatic heterocycles. The summed E-state index contributed by atoms with van der Waals surface area (Å²) in [6, 6.07) is 0. The maximum atomic E-state index is 7.07. The number of aliphatic hydroxyl groups excluding tert-OH is 1. The number of terminal acetylenes is 2. The third kappa shape index (κ3) is 155. The van der Waals surface area contributed by atoms with Crippen LogP contribution in [0.5, 0.6) is 0 Å². The van der Waals surface area contributed by atoms with E-state index in [-0.39, 0.29) is 0 Å². The summed E-state index contributed by atoms with van der Waals surface area (Å²) >= 11 is 0. The molecule has 0 heterocycles. The van der Waals surface area contributed by atoms with E-state index in [1.165, 1.54) is 20.0 Å². The van der Waals surface area contributed by atoms with Gasteiger partial charge < -0.3 is 15.7 Å². The lowest BCUT2D eigenvalue weighted by Crippen LogP contribution is -2.28. The molecule has 0 saturated carbocycles. The second-order valence-corrected chi connectivity index (χ2v) is 2.68. The highest BCUT2D eigenvalue weighted by molar-refractivity contribution is 4.49. The van der Waals surface area contributed by atoms with E-state index in [9.17, 15) is 0 Å². The van der Waals surface area contributed by atoms with Crippen LogP contribution in [0.4, 0.5) is 0 Å². The molecule has 130 valence electrons. The zero-order chi connectivity index (χ0) is 18.4. The fourth-order valence-corrected chi connectivity index (χ4v) is 0.780. The van der Waals surface area contributed by atoms with Gasteiger partial charge in [0.1, 0.15) is 0 Å². The van der Waals surface area contributed by atoms with Gasteiger partial charge >= 0.3 is 0 Å². The van der Waals surface area contributed by atoms with E-state index in [1.54, 1.807) is 0 Å². The highest BCUT2D eigenvalue weighted by Crippen LogP contribution is 1.70. The first-order valence-corrected chi connectivity index (χ1v) is 7.03. The molecule has 21 heavy (non-hydrogen) atoms. The predicted molar refractivity (Wildman–Crippen MR) is 95.2 cm³/mol. The van der Waals surface area contributed by atoms with Crippen LogP contribution in [0, 0.1) is 25.7 Å². The van der Waals surface area contributed by atoms with E-state index >= 15 is 0 Å². The lowest BCUT2D eigenvalue weighted by atomic mass is 10.4. The van der Waals surface area contributed by atoms with Crippen molar-refractivity contribution in [2.24, 2.45) is 0 Å². The van der Waals surface area contributed by atoms with Crippen LogP contribution >= 0.6 is 0 Å². The number of hydrogen-bond acceptors (Lipinski definition) is 5. The SMILES string of the molecule is C#C.C#C.CC.CCCNCCNCCC.CO.COO. The smallest absolute Gasteiger partial charge is 0.0710 e. The molecule has 0 aliphatic carbocycles. The Morgan fingerprint density at radius 2 is 0.952 bits per heavy atom. The van der Waals surface area contributed by atoms with Gasteiger partial charge in [0.15, 0.2) is 0 Å². The molecule has 0 unspecified atom stereocenters. The minimum atomic E-state index is 1.00. The molecule has 4 N–H and O–H groups in total. The highest BCUT2D eigenvalue weighted by atomic mass is 17.1. The monoisotopic (exact) mass is 306 g/mol. The molecule has 0 aromatic rings. The van der Waals surface area contributed by atoms with Gasteiger partial charge in [0.05, 0.1) is 7.11 Å². The Morgan fingerprint density at radius 1 is 0.762 bits per heavy atom. The summed E-state index contributed by atoms with van der Waals surface area (Å²) in [6.45, 7) is 12.9. The Labute approximate surface area is 133 Å². The van der Waals surface area contributed by atoms with Gasteiger partial charge in [-0.25, -0.2) is 4.89 Å². The molecule has 5 nitrogen and oxygen atoms in total. The number of aliphatic hydroxyl groups is 1. The van der Waals surface area contributed by atoms with Crippen molar-refractivity contribution in [2.45, 2.75) is 40.5 Å². The molecule has 0 amide bonds. The van der Waals surface area contributed by atoms with Gasteiger partial charge in [0.2, 0.25) is 0 Å². The average molecular weight is 306 g/mol. The molecule has 0 atom stereocenters. The highest BCUT2D eigenvalue weighted by Gasteiger charge is 1.83. The van der Waals surface area contributed by atoms with Crippen molar-refractivity contribution < 1.29 is 15.3 Å². The fourth-order valence-electron chi connectivity index (χ4n) is 0.780. The number of nitrogens with one attached hydrogen (secondary N) is 2. The summed E-state index contributed by atoms with van der Waals surface area (Å²) in [6.07, 6.45) is 18.5. The Kier molecular flexibility index (Phi) is 170. The summed E-state index contributed by atoms with van der Waals surface area (Å²) in [5, 5.41) is 20.7. The second-order valence-electron chi connectivity index (χ2n) is 2.68. The first-order valence-electron chi connectivity index (χ1n) is 7.03. The van der Waals surface area contributed by atoms with Gasteiger partial charge in [-0.2, -0.15) is 0 Å². The molecule has 0 fully saturated rings. The predicted octanol–water partition coefficient (Wildman–Crippen LogP) is 2.22. The minimum absolute atomic E-state index is 1.00. The molecular weight excluding hydrogens is 268 g/mol. The van der Waals surface area contributed by atoms with Gasteiger partial charge in [0.25, 0.3) is 0 Å². The normalized spacial score (nSPS) is 6.48. The van der Waals surface area contributed by atoms with Gasteiger partial charge in [0, 0.05) is 20.2 Å². The summed E-state index contributed by atoms with van der Waals surface area (Å²) in [5.41, 5.74) is 0. The molecule has 5 heteroatoms. The first-order chi connectivity index (χ1) is 10.3.